The third kappa shape index (κ3) is 4.89. The van der Waals surface area contributed by atoms with Gasteiger partial charge in [-0.2, -0.15) is 0 Å². The van der Waals surface area contributed by atoms with Crippen molar-refractivity contribution in [2.45, 2.75) is 0 Å². The van der Waals surface area contributed by atoms with E-state index in [0.717, 1.165) is 12.0 Å². The van der Waals surface area contributed by atoms with Crippen molar-refractivity contribution in [3.8, 4) is 11.5 Å². The van der Waals surface area contributed by atoms with E-state index in [2.05, 4.69) is 4.74 Å². The van der Waals surface area contributed by atoms with E-state index in [4.69, 9.17) is 21.1 Å². The Kier molecular flexibility index (Phi) is 6.98. The van der Waals surface area contributed by atoms with Crippen LogP contribution in [-0.4, -0.2) is 48.7 Å². The number of carbonyl (C=O) groups is 4. The summed E-state index contributed by atoms with van der Waals surface area (Å²) >= 11 is 6.73. The van der Waals surface area contributed by atoms with Gasteiger partial charge in [-0.1, -0.05) is 35.9 Å². The Morgan fingerprint density at radius 3 is 2.52 bits per heavy atom. The molecule has 1 aliphatic heterocycles. The number of methoxy groups -OCH3 is 2. The van der Waals surface area contributed by atoms with Crippen LogP contribution in [0.5, 0.6) is 11.5 Å². The average Bonchev–Trinajstić information content (AvgIpc) is 3.02. The van der Waals surface area contributed by atoms with E-state index in [-0.39, 0.29) is 27.0 Å². The molecule has 31 heavy (non-hydrogen) atoms. The molecule has 0 unspecified atom stereocenters. The molecule has 0 spiro atoms. The average molecular weight is 462 g/mol. The summed E-state index contributed by atoms with van der Waals surface area (Å²) in [5.41, 5.74) is 0.475. The zero-order chi connectivity index (χ0) is 22.5. The van der Waals surface area contributed by atoms with E-state index in [1.165, 1.54) is 19.3 Å². The first-order chi connectivity index (χ1) is 14.8. The highest BCUT2D eigenvalue weighted by atomic mass is 35.5. The van der Waals surface area contributed by atoms with Crippen LogP contribution >= 0.6 is 23.4 Å². The number of para-hydroxylation sites is 1. The molecule has 0 bridgehead atoms. The molecule has 1 heterocycles. The minimum Gasteiger partial charge on any atom is -0.493 e. The molecule has 10 heteroatoms. The summed E-state index contributed by atoms with van der Waals surface area (Å²) in [5.74, 6) is -1.81. The van der Waals surface area contributed by atoms with Gasteiger partial charge in [0.25, 0.3) is 11.1 Å². The second kappa shape index (κ2) is 9.67. The summed E-state index contributed by atoms with van der Waals surface area (Å²) in [5, 5.41) is -0.396. The Bertz CT molecular complexity index is 1100. The van der Waals surface area contributed by atoms with Crippen LogP contribution in [0.1, 0.15) is 15.9 Å². The van der Waals surface area contributed by atoms with Gasteiger partial charge in [-0.25, -0.2) is 4.79 Å². The van der Waals surface area contributed by atoms with Crippen LogP contribution < -0.4 is 9.47 Å². The van der Waals surface area contributed by atoms with Crippen LogP contribution in [0.15, 0.2) is 47.4 Å². The molecule has 160 valence electrons. The SMILES string of the molecule is COC(=O)CN1C(=O)SC(=Cc2cccc(OC)c2OC(=O)c2ccccc2Cl)C1=O. The molecular formula is C21H16ClNO7S. The summed E-state index contributed by atoms with van der Waals surface area (Å²) in [4.78, 5) is 49.7. The van der Waals surface area contributed by atoms with Crippen molar-refractivity contribution in [3.63, 3.8) is 0 Å². The third-order valence-corrected chi connectivity index (χ3v) is 5.43. The molecule has 0 aromatic heterocycles. The number of hydrogen-bond donors (Lipinski definition) is 0. The van der Waals surface area contributed by atoms with Gasteiger partial charge in [0.05, 0.1) is 29.7 Å². The highest BCUT2D eigenvalue weighted by molar-refractivity contribution is 8.18. The van der Waals surface area contributed by atoms with Crippen molar-refractivity contribution in [1.82, 2.24) is 4.90 Å². The Labute approximate surface area is 186 Å². The molecular weight excluding hydrogens is 446 g/mol. The van der Waals surface area contributed by atoms with Gasteiger partial charge in [0.15, 0.2) is 11.5 Å². The van der Waals surface area contributed by atoms with E-state index in [0.29, 0.717) is 17.3 Å². The van der Waals surface area contributed by atoms with Crippen molar-refractivity contribution >= 4 is 52.5 Å². The molecule has 2 amide bonds. The number of thioether (sulfide) groups is 1. The van der Waals surface area contributed by atoms with Crippen LogP contribution in [0, 0.1) is 0 Å². The first-order valence-electron chi connectivity index (χ1n) is 8.81. The minimum atomic E-state index is -0.723. The fourth-order valence-corrected chi connectivity index (χ4v) is 3.70. The molecule has 2 aromatic carbocycles. The van der Waals surface area contributed by atoms with Crippen LogP contribution in [0.2, 0.25) is 5.02 Å². The van der Waals surface area contributed by atoms with Gasteiger partial charge in [-0.05, 0) is 36.0 Å². The molecule has 8 nitrogen and oxygen atoms in total. The molecule has 2 aromatic rings. The molecule has 0 radical (unpaired) electrons. The molecule has 3 rings (SSSR count). The van der Waals surface area contributed by atoms with Crippen LogP contribution in [0.25, 0.3) is 6.08 Å². The fraction of sp³-hybridized carbons (Fsp3) is 0.143. The molecule has 0 saturated carbocycles. The number of imide groups is 1. The molecule has 0 N–H and O–H groups in total. The van der Waals surface area contributed by atoms with Crippen molar-refractivity contribution in [2.24, 2.45) is 0 Å². The smallest absolute Gasteiger partial charge is 0.345 e. The molecule has 1 fully saturated rings. The maximum absolute atomic E-state index is 12.6. The van der Waals surface area contributed by atoms with Gasteiger partial charge in [0.1, 0.15) is 6.54 Å². The number of carbonyl (C=O) groups excluding carboxylic acids is 4. The Hall–Kier alpha value is -3.30. The van der Waals surface area contributed by atoms with Gasteiger partial charge in [-0.3, -0.25) is 19.3 Å². The van der Waals surface area contributed by atoms with E-state index < -0.39 is 29.6 Å². The number of nitrogens with zero attached hydrogens (tertiary/aromatic N) is 1. The number of rotatable bonds is 6. The topological polar surface area (TPSA) is 99.2 Å². The van der Waals surface area contributed by atoms with Gasteiger partial charge in [0, 0.05) is 5.56 Å². The first kappa shape index (κ1) is 22.4. The number of hydrogen-bond acceptors (Lipinski definition) is 8. The maximum atomic E-state index is 12.6. The number of benzene rings is 2. The number of ether oxygens (including phenoxy) is 3. The van der Waals surface area contributed by atoms with Crippen molar-refractivity contribution in [3.05, 3.63) is 63.5 Å². The zero-order valence-corrected chi connectivity index (χ0v) is 18.0. The minimum absolute atomic E-state index is 0.0506. The number of amides is 2. The predicted molar refractivity (Wildman–Crippen MR) is 114 cm³/mol. The molecule has 1 aliphatic rings. The van der Waals surface area contributed by atoms with E-state index >= 15 is 0 Å². The number of esters is 2. The predicted octanol–water partition coefficient (Wildman–Crippen LogP) is 3.78. The van der Waals surface area contributed by atoms with Crippen LogP contribution in [0.4, 0.5) is 4.79 Å². The quantitative estimate of drug-likeness (QED) is 0.364. The van der Waals surface area contributed by atoms with Gasteiger partial charge < -0.3 is 14.2 Å². The fourth-order valence-electron chi connectivity index (χ4n) is 2.66. The van der Waals surface area contributed by atoms with Crippen LogP contribution in [-0.2, 0) is 14.3 Å². The lowest BCUT2D eigenvalue weighted by Crippen LogP contribution is -2.34. The lowest BCUT2D eigenvalue weighted by molar-refractivity contribution is -0.143. The Morgan fingerprint density at radius 2 is 1.84 bits per heavy atom. The van der Waals surface area contributed by atoms with Gasteiger partial charge in [0.2, 0.25) is 0 Å². The standard InChI is InChI=1S/C21H16ClNO7S/c1-28-15-9-5-6-12(18(15)30-20(26)13-7-3-4-8-14(13)22)10-16-19(25)23(21(27)31-16)11-17(24)29-2/h3-10H,11H2,1-2H3. The largest absolute Gasteiger partial charge is 0.493 e. The second-order valence-electron chi connectivity index (χ2n) is 6.09. The van der Waals surface area contributed by atoms with Crippen molar-refractivity contribution < 1.29 is 33.4 Å². The zero-order valence-electron chi connectivity index (χ0n) is 16.4. The van der Waals surface area contributed by atoms with E-state index in [1.807, 2.05) is 0 Å². The molecule has 0 atom stereocenters. The maximum Gasteiger partial charge on any atom is 0.345 e. The summed E-state index contributed by atoms with van der Waals surface area (Å²) in [6, 6.07) is 11.2. The summed E-state index contributed by atoms with van der Waals surface area (Å²) in [6.45, 7) is -0.495. The molecule has 1 saturated heterocycles. The summed E-state index contributed by atoms with van der Waals surface area (Å²) in [7, 11) is 2.56. The third-order valence-electron chi connectivity index (χ3n) is 4.19. The summed E-state index contributed by atoms with van der Waals surface area (Å²) in [6.07, 6.45) is 1.39. The number of halogens is 1. The highest BCUT2D eigenvalue weighted by Gasteiger charge is 2.37. The van der Waals surface area contributed by atoms with Crippen LogP contribution in [0.3, 0.4) is 0 Å². The highest BCUT2D eigenvalue weighted by Crippen LogP contribution is 2.38. The summed E-state index contributed by atoms with van der Waals surface area (Å²) < 4.78 is 15.3. The van der Waals surface area contributed by atoms with E-state index in [1.54, 1.807) is 36.4 Å². The second-order valence-corrected chi connectivity index (χ2v) is 7.49. The van der Waals surface area contributed by atoms with E-state index in [9.17, 15) is 19.2 Å². The Morgan fingerprint density at radius 1 is 1.10 bits per heavy atom. The monoisotopic (exact) mass is 461 g/mol. The lowest BCUT2D eigenvalue weighted by Gasteiger charge is -2.13. The Balaban J connectivity index is 1.95. The van der Waals surface area contributed by atoms with Gasteiger partial charge >= 0.3 is 11.9 Å². The van der Waals surface area contributed by atoms with Gasteiger partial charge in [-0.15, -0.1) is 0 Å². The molecule has 0 aliphatic carbocycles. The van der Waals surface area contributed by atoms with Crippen molar-refractivity contribution in [1.29, 1.82) is 0 Å². The lowest BCUT2D eigenvalue weighted by atomic mass is 10.1. The van der Waals surface area contributed by atoms with Crippen molar-refractivity contribution in [2.75, 3.05) is 20.8 Å². The normalized spacial score (nSPS) is 14.7. The first-order valence-corrected chi connectivity index (χ1v) is 10.0.